The van der Waals surface area contributed by atoms with Gasteiger partial charge in [-0.1, -0.05) is 91.0 Å². The van der Waals surface area contributed by atoms with Crippen LogP contribution < -0.4 is 25.5 Å². The van der Waals surface area contributed by atoms with Gasteiger partial charge in [0.15, 0.2) is 6.54 Å². The van der Waals surface area contributed by atoms with Crippen molar-refractivity contribution in [2.24, 2.45) is 0 Å². The predicted molar refractivity (Wildman–Crippen MR) is 267 cm³/mol. The molecule has 0 saturated heterocycles. The molecule has 1 aliphatic heterocycles. The Kier molecular flexibility index (Phi) is 15.0. The van der Waals surface area contributed by atoms with Gasteiger partial charge in [-0.05, 0) is 74.0 Å². The molecular weight excluding hydrogens is 853 g/mol. The Balaban J connectivity index is 1.19. The fourth-order valence-electron chi connectivity index (χ4n) is 8.05. The molecule has 0 spiro atoms. The van der Waals surface area contributed by atoms with Crippen LogP contribution in [0.15, 0.2) is 189 Å². The maximum Gasteiger partial charge on any atom is 0.295 e. The van der Waals surface area contributed by atoms with Gasteiger partial charge in [-0.3, -0.25) is 4.55 Å². The lowest BCUT2D eigenvalue weighted by atomic mass is 9.93. The van der Waals surface area contributed by atoms with E-state index in [-0.39, 0.29) is 4.90 Å². The summed E-state index contributed by atoms with van der Waals surface area (Å²) in [5.74, 6) is 2.50. The predicted octanol–water partition coefficient (Wildman–Crippen LogP) is 11.1. The van der Waals surface area contributed by atoms with Crippen molar-refractivity contribution >= 4 is 61.7 Å². The SMILES string of the molecule is Cc1ccccc1N(CCNCCSc1ccccc1)c1ccc2c(-c3ccccc3S(=O)(=O)O)c3ccc(=[N+](CCNCCSc4ccccc4)c4ccccc4C)cc-3oc2c1. The zero-order valence-electron chi connectivity index (χ0n) is 36.1. The first-order valence-corrected chi connectivity index (χ1v) is 25.0. The number of rotatable bonds is 19. The molecular formula is C53H53N4O4S3+. The highest BCUT2D eigenvalue weighted by molar-refractivity contribution is 7.99. The van der Waals surface area contributed by atoms with Crippen molar-refractivity contribution in [3.05, 3.63) is 186 Å². The number of fused-ring (bicyclic) bond motifs is 2. The molecule has 1 heterocycles. The Labute approximate surface area is 385 Å². The van der Waals surface area contributed by atoms with Gasteiger partial charge in [0.05, 0.1) is 12.6 Å². The number of benzene rings is 7. The third-order valence-electron chi connectivity index (χ3n) is 11.2. The van der Waals surface area contributed by atoms with E-state index in [0.29, 0.717) is 35.6 Å². The molecule has 6 aromatic carbocycles. The van der Waals surface area contributed by atoms with E-state index in [1.165, 1.54) is 15.9 Å². The zero-order chi connectivity index (χ0) is 44.3. The van der Waals surface area contributed by atoms with Gasteiger partial charge in [0.1, 0.15) is 16.2 Å². The minimum absolute atomic E-state index is 0.159. The largest absolute Gasteiger partial charge is 0.456 e. The average molecular weight is 906 g/mol. The Morgan fingerprint density at radius 3 is 1.94 bits per heavy atom. The summed E-state index contributed by atoms with van der Waals surface area (Å²) in [6.07, 6.45) is 0. The Morgan fingerprint density at radius 1 is 0.625 bits per heavy atom. The summed E-state index contributed by atoms with van der Waals surface area (Å²) < 4.78 is 45.7. The number of thioether (sulfide) groups is 2. The molecule has 6 aromatic rings. The van der Waals surface area contributed by atoms with E-state index in [4.69, 9.17) is 4.42 Å². The minimum atomic E-state index is -4.57. The fourth-order valence-corrected chi connectivity index (χ4v) is 10.4. The molecule has 11 heteroatoms. The fraction of sp³-hybridized carbons (Fsp3) is 0.189. The monoisotopic (exact) mass is 905 g/mol. The van der Waals surface area contributed by atoms with Crippen LogP contribution in [0.2, 0.25) is 0 Å². The van der Waals surface area contributed by atoms with Crippen molar-refractivity contribution in [2.45, 2.75) is 28.5 Å². The second-order valence-corrected chi connectivity index (χ2v) is 19.2. The number of hydrogen-bond acceptors (Lipinski definition) is 8. The van der Waals surface area contributed by atoms with E-state index in [1.54, 1.807) is 18.2 Å². The standard InChI is InChI=1S/C53H52N4O4S3/c1-39-15-9-12-22-48(39)56(33-29-54-31-35-62-43-17-5-3-6-18-43)41-25-27-45-50(37-41)61-51-38-42(26-28-46(51)53(45)47-21-11-14-24-52(47)64(58,59)60)57(49-23-13-10-16-40(49)2)34-30-55-32-36-63-44-19-7-4-8-20-44/h3-28,37-38,54-55H,29-36H2,1-2H3/p+1. The van der Waals surface area contributed by atoms with Gasteiger partial charge in [0.25, 0.3) is 10.1 Å². The molecule has 0 fully saturated rings. The lowest BCUT2D eigenvalue weighted by Crippen LogP contribution is -2.33. The first kappa shape index (κ1) is 44.9. The maximum atomic E-state index is 12.9. The third kappa shape index (κ3) is 11.0. The van der Waals surface area contributed by atoms with Crippen molar-refractivity contribution < 1.29 is 17.4 Å². The molecule has 0 bridgehead atoms. The summed E-state index contributed by atoms with van der Waals surface area (Å²) in [6, 6.07) is 56.5. The highest BCUT2D eigenvalue weighted by Gasteiger charge is 2.25. The Bertz CT molecular complexity index is 2980. The summed E-state index contributed by atoms with van der Waals surface area (Å²) >= 11 is 3.67. The van der Waals surface area contributed by atoms with E-state index in [2.05, 4.69) is 155 Å². The van der Waals surface area contributed by atoms with Crippen LogP contribution in [-0.2, 0) is 10.1 Å². The van der Waals surface area contributed by atoms with Crippen LogP contribution in [0, 0.1) is 13.8 Å². The topological polar surface area (TPSA) is 97.8 Å². The smallest absolute Gasteiger partial charge is 0.295 e. The van der Waals surface area contributed by atoms with Gasteiger partial charge in [-0.25, -0.2) is 0 Å². The van der Waals surface area contributed by atoms with Crippen LogP contribution in [0.3, 0.4) is 0 Å². The molecule has 1 aliphatic carbocycles. The molecule has 0 aromatic heterocycles. The van der Waals surface area contributed by atoms with Crippen molar-refractivity contribution in [1.82, 2.24) is 15.2 Å². The minimum Gasteiger partial charge on any atom is -0.456 e. The molecule has 0 amide bonds. The number of nitrogens with zero attached hydrogens (tertiary/aromatic N) is 2. The molecule has 8 nitrogen and oxygen atoms in total. The highest BCUT2D eigenvalue weighted by Crippen LogP contribution is 2.43. The number of nitrogens with one attached hydrogen (secondary N) is 2. The van der Waals surface area contributed by atoms with E-state index < -0.39 is 10.1 Å². The molecule has 64 heavy (non-hydrogen) atoms. The van der Waals surface area contributed by atoms with Gasteiger partial charge in [0, 0.05) is 105 Å². The molecule has 8 rings (SSSR count). The second-order valence-electron chi connectivity index (χ2n) is 15.5. The van der Waals surface area contributed by atoms with Gasteiger partial charge in [-0.15, -0.1) is 23.5 Å². The molecule has 326 valence electrons. The lowest BCUT2D eigenvalue weighted by Gasteiger charge is -2.27. The Morgan fingerprint density at radius 2 is 1.25 bits per heavy atom. The molecule has 0 saturated carbocycles. The summed E-state index contributed by atoms with van der Waals surface area (Å²) in [7, 11) is -4.57. The normalized spacial score (nSPS) is 12.2. The van der Waals surface area contributed by atoms with Gasteiger partial charge < -0.3 is 20.0 Å². The molecule has 0 radical (unpaired) electrons. The van der Waals surface area contributed by atoms with Gasteiger partial charge >= 0.3 is 0 Å². The van der Waals surface area contributed by atoms with Crippen molar-refractivity contribution in [3.63, 3.8) is 0 Å². The van der Waals surface area contributed by atoms with E-state index in [1.807, 2.05) is 47.8 Å². The quantitative estimate of drug-likeness (QED) is 0.0241. The third-order valence-corrected chi connectivity index (χ3v) is 14.1. The number of para-hydroxylation sites is 2. The molecule has 0 atom stereocenters. The van der Waals surface area contributed by atoms with Crippen LogP contribution in [0.1, 0.15) is 11.1 Å². The summed E-state index contributed by atoms with van der Waals surface area (Å²) in [5.41, 5.74) is 7.79. The van der Waals surface area contributed by atoms with Crippen LogP contribution in [0.25, 0.3) is 33.4 Å². The summed E-state index contributed by atoms with van der Waals surface area (Å²) in [4.78, 5) is 4.66. The van der Waals surface area contributed by atoms with E-state index >= 15 is 0 Å². The van der Waals surface area contributed by atoms with E-state index in [9.17, 15) is 13.0 Å². The molecule has 2 aliphatic rings. The maximum absolute atomic E-state index is 12.9. The van der Waals surface area contributed by atoms with Crippen LogP contribution >= 0.6 is 23.5 Å². The number of aryl methyl sites for hydroxylation is 2. The van der Waals surface area contributed by atoms with Gasteiger partial charge in [0.2, 0.25) is 11.0 Å². The summed E-state index contributed by atoms with van der Waals surface area (Å²) in [5, 5.41) is 8.96. The highest BCUT2D eigenvalue weighted by atomic mass is 32.2. The van der Waals surface area contributed by atoms with Crippen molar-refractivity contribution in [3.8, 4) is 22.5 Å². The first-order valence-electron chi connectivity index (χ1n) is 21.6. The summed E-state index contributed by atoms with van der Waals surface area (Å²) in [6.45, 7) is 8.88. The van der Waals surface area contributed by atoms with Crippen LogP contribution in [-0.4, -0.2) is 63.7 Å². The molecule has 3 N–H and O–H groups in total. The zero-order valence-corrected chi connectivity index (χ0v) is 38.6. The lowest BCUT2D eigenvalue weighted by molar-refractivity contribution is 0.483. The second kappa shape index (κ2) is 21.3. The van der Waals surface area contributed by atoms with E-state index in [0.717, 1.165) is 82.2 Å². The van der Waals surface area contributed by atoms with Crippen LogP contribution in [0.4, 0.5) is 17.1 Å². The van der Waals surface area contributed by atoms with Crippen LogP contribution in [0.5, 0.6) is 0 Å². The van der Waals surface area contributed by atoms with Gasteiger partial charge in [-0.2, -0.15) is 13.0 Å². The number of hydrogen-bond donors (Lipinski definition) is 3. The Hall–Kier alpha value is -5.66. The number of anilines is 2. The van der Waals surface area contributed by atoms with Crippen molar-refractivity contribution in [1.29, 1.82) is 0 Å². The molecule has 0 unspecified atom stereocenters. The first-order chi connectivity index (χ1) is 31.2. The average Bonchev–Trinajstić information content (AvgIpc) is 3.31. The van der Waals surface area contributed by atoms with Crippen molar-refractivity contribution in [2.75, 3.05) is 55.7 Å².